The van der Waals surface area contributed by atoms with Gasteiger partial charge in [0.2, 0.25) is 0 Å². The predicted octanol–water partition coefficient (Wildman–Crippen LogP) is 3.54. The number of anilines is 1. The Labute approximate surface area is 117 Å². The second-order valence-corrected chi connectivity index (χ2v) is 6.09. The summed E-state index contributed by atoms with van der Waals surface area (Å²) in [4.78, 5) is 14.3. The first kappa shape index (κ1) is 15.0. The number of amides is 1. The minimum atomic E-state index is 0.00343. The number of hydrogen-bond donors (Lipinski definition) is 1. The molecule has 0 aliphatic heterocycles. The molecule has 0 aromatic heterocycles. The number of benzene rings is 1. The second-order valence-electron chi connectivity index (χ2n) is 5.18. The largest absolute Gasteiger partial charge is 0.398 e. The lowest BCUT2D eigenvalue weighted by atomic mass is 10.1. The number of rotatable bonds is 4. The molecule has 100 valence electrons. The van der Waals surface area contributed by atoms with Crippen LogP contribution in [0, 0.1) is 5.92 Å². The van der Waals surface area contributed by atoms with E-state index in [1.165, 1.54) is 0 Å². The minimum absolute atomic E-state index is 0.00343. The summed E-state index contributed by atoms with van der Waals surface area (Å²) >= 11 is 3.35. The fourth-order valence-corrected chi connectivity index (χ4v) is 2.18. The Balaban J connectivity index is 3.02. The van der Waals surface area contributed by atoms with E-state index in [0.717, 1.165) is 11.0 Å². The molecular weight excluding hydrogens is 292 g/mol. The van der Waals surface area contributed by atoms with Crippen LogP contribution in [0.1, 0.15) is 38.1 Å². The van der Waals surface area contributed by atoms with Crippen LogP contribution in [-0.2, 0) is 0 Å². The van der Waals surface area contributed by atoms with Crippen molar-refractivity contribution in [3.8, 4) is 0 Å². The van der Waals surface area contributed by atoms with Crippen LogP contribution in [0.5, 0.6) is 0 Å². The zero-order valence-electron chi connectivity index (χ0n) is 11.4. The molecule has 0 heterocycles. The molecule has 2 N–H and O–H groups in total. The molecule has 0 unspecified atom stereocenters. The van der Waals surface area contributed by atoms with Crippen LogP contribution in [0.25, 0.3) is 0 Å². The Morgan fingerprint density at radius 1 is 1.33 bits per heavy atom. The van der Waals surface area contributed by atoms with Crippen molar-refractivity contribution in [2.75, 3.05) is 12.3 Å². The van der Waals surface area contributed by atoms with E-state index in [0.29, 0.717) is 17.2 Å². The Morgan fingerprint density at radius 3 is 2.39 bits per heavy atom. The van der Waals surface area contributed by atoms with Crippen molar-refractivity contribution in [3.05, 3.63) is 28.2 Å². The van der Waals surface area contributed by atoms with Gasteiger partial charge < -0.3 is 10.6 Å². The van der Waals surface area contributed by atoms with Gasteiger partial charge >= 0.3 is 0 Å². The number of hydrogen-bond acceptors (Lipinski definition) is 2. The molecule has 0 saturated heterocycles. The van der Waals surface area contributed by atoms with Crippen molar-refractivity contribution in [2.45, 2.75) is 33.7 Å². The molecule has 1 aromatic rings. The first-order valence-electron chi connectivity index (χ1n) is 6.19. The standard InChI is InChI=1S/C14H21BrN2O/c1-9(2)8-17(10(3)4)14(18)12-6-5-11(15)7-13(12)16/h5-7,9-10H,8,16H2,1-4H3. The highest BCUT2D eigenvalue weighted by Crippen LogP contribution is 2.21. The Morgan fingerprint density at radius 2 is 1.94 bits per heavy atom. The highest BCUT2D eigenvalue weighted by Gasteiger charge is 2.21. The lowest BCUT2D eigenvalue weighted by molar-refractivity contribution is 0.0683. The number of nitrogen functional groups attached to an aromatic ring is 1. The summed E-state index contributed by atoms with van der Waals surface area (Å²) in [5.41, 5.74) is 7.01. The maximum Gasteiger partial charge on any atom is 0.256 e. The average molecular weight is 313 g/mol. The predicted molar refractivity (Wildman–Crippen MR) is 79.6 cm³/mol. The van der Waals surface area contributed by atoms with E-state index in [1.54, 1.807) is 12.1 Å². The Hall–Kier alpha value is -1.03. The number of halogens is 1. The van der Waals surface area contributed by atoms with E-state index < -0.39 is 0 Å². The van der Waals surface area contributed by atoms with Crippen molar-refractivity contribution in [2.24, 2.45) is 5.92 Å². The van der Waals surface area contributed by atoms with Crippen LogP contribution >= 0.6 is 15.9 Å². The van der Waals surface area contributed by atoms with Gasteiger partial charge in [-0.15, -0.1) is 0 Å². The van der Waals surface area contributed by atoms with Crippen molar-refractivity contribution in [1.82, 2.24) is 4.90 Å². The monoisotopic (exact) mass is 312 g/mol. The fourth-order valence-electron chi connectivity index (χ4n) is 1.80. The molecule has 18 heavy (non-hydrogen) atoms. The van der Waals surface area contributed by atoms with Gasteiger partial charge in [0.15, 0.2) is 0 Å². The molecule has 0 atom stereocenters. The molecule has 0 saturated carbocycles. The van der Waals surface area contributed by atoms with Gasteiger partial charge in [0.05, 0.1) is 5.56 Å². The SMILES string of the molecule is CC(C)CN(C(=O)c1ccc(Br)cc1N)C(C)C. The van der Waals surface area contributed by atoms with E-state index in [2.05, 4.69) is 29.8 Å². The van der Waals surface area contributed by atoms with Crippen molar-refractivity contribution < 1.29 is 4.79 Å². The molecule has 3 nitrogen and oxygen atoms in total. The molecule has 0 radical (unpaired) electrons. The molecule has 0 aliphatic carbocycles. The van der Waals surface area contributed by atoms with E-state index in [-0.39, 0.29) is 11.9 Å². The quantitative estimate of drug-likeness (QED) is 0.864. The summed E-state index contributed by atoms with van der Waals surface area (Å²) in [6, 6.07) is 5.55. The number of carbonyl (C=O) groups excluding carboxylic acids is 1. The molecule has 0 aliphatic rings. The van der Waals surface area contributed by atoms with E-state index in [4.69, 9.17) is 5.73 Å². The van der Waals surface area contributed by atoms with Crippen LogP contribution in [-0.4, -0.2) is 23.4 Å². The van der Waals surface area contributed by atoms with Crippen molar-refractivity contribution in [1.29, 1.82) is 0 Å². The third-order valence-electron chi connectivity index (χ3n) is 2.69. The summed E-state index contributed by atoms with van der Waals surface area (Å²) < 4.78 is 0.886. The maximum atomic E-state index is 12.5. The van der Waals surface area contributed by atoms with Gasteiger partial charge in [0, 0.05) is 22.7 Å². The third kappa shape index (κ3) is 3.73. The van der Waals surface area contributed by atoms with Gasteiger partial charge in [0.1, 0.15) is 0 Å². The molecular formula is C14H21BrN2O. The maximum absolute atomic E-state index is 12.5. The summed E-state index contributed by atoms with van der Waals surface area (Å²) in [6.07, 6.45) is 0. The zero-order chi connectivity index (χ0) is 13.9. The average Bonchev–Trinajstić information content (AvgIpc) is 2.24. The molecule has 4 heteroatoms. The molecule has 1 aromatic carbocycles. The second kappa shape index (κ2) is 6.23. The van der Waals surface area contributed by atoms with E-state index in [9.17, 15) is 4.79 Å². The highest BCUT2D eigenvalue weighted by molar-refractivity contribution is 9.10. The molecule has 0 fully saturated rings. The van der Waals surface area contributed by atoms with Crippen LogP contribution in [0.2, 0.25) is 0 Å². The zero-order valence-corrected chi connectivity index (χ0v) is 13.0. The van der Waals surface area contributed by atoms with Gasteiger partial charge in [-0.1, -0.05) is 29.8 Å². The first-order chi connectivity index (χ1) is 8.32. The Kier molecular flexibility index (Phi) is 5.20. The van der Waals surface area contributed by atoms with Gasteiger partial charge in [-0.25, -0.2) is 0 Å². The van der Waals surface area contributed by atoms with Crippen LogP contribution in [0.3, 0.4) is 0 Å². The van der Waals surface area contributed by atoms with Crippen LogP contribution < -0.4 is 5.73 Å². The topological polar surface area (TPSA) is 46.3 Å². The third-order valence-corrected chi connectivity index (χ3v) is 3.18. The lowest BCUT2D eigenvalue weighted by Gasteiger charge is -2.29. The van der Waals surface area contributed by atoms with Crippen LogP contribution in [0.15, 0.2) is 22.7 Å². The number of nitrogens with two attached hydrogens (primary N) is 1. The van der Waals surface area contributed by atoms with Crippen LogP contribution in [0.4, 0.5) is 5.69 Å². The van der Waals surface area contributed by atoms with E-state index >= 15 is 0 Å². The summed E-state index contributed by atoms with van der Waals surface area (Å²) in [6.45, 7) is 9.00. The van der Waals surface area contributed by atoms with Gasteiger partial charge in [-0.3, -0.25) is 4.79 Å². The lowest BCUT2D eigenvalue weighted by Crippen LogP contribution is -2.39. The first-order valence-corrected chi connectivity index (χ1v) is 6.98. The summed E-state index contributed by atoms with van der Waals surface area (Å²) in [7, 11) is 0. The highest BCUT2D eigenvalue weighted by atomic mass is 79.9. The van der Waals surface area contributed by atoms with Gasteiger partial charge in [0.25, 0.3) is 5.91 Å². The smallest absolute Gasteiger partial charge is 0.256 e. The molecule has 1 amide bonds. The van der Waals surface area contributed by atoms with Gasteiger partial charge in [-0.2, -0.15) is 0 Å². The molecule has 0 spiro atoms. The van der Waals surface area contributed by atoms with Gasteiger partial charge in [-0.05, 0) is 38.0 Å². The van der Waals surface area contributed by atoms with Crippen molar-refractivity contribution >= 4 is 27.5 Å². The Bertz CT molecular complexity index is 430. The summed E-state index contributed by atoms with van der Waals surface area (Å²) in [5.74, 6) is 0.441. The fraction of sp³-hybridized carbons (Fsp3) is 0.500. The molecule has 1 rings (SSSR count). The van der Waals surface area contributed by atoms with E-state index in [1.807, 2.05) is 24.8 Å². The molecule has 0 bridgehead atoms. The number of nitrogens with zero attached hydrogens (tertiary/aromatic N) is 1. The summed E-state index contributed by atoms with van der Waals surface area (Å²) in [5, 5.41) is 0. The number of carbonyl (C=O) groups is 1. The minimum Gasteiger partial charge on any atom is -0.398 e. The normalized spacial score (nSPS) is 11.1. The van der Waals surface area contributed by atoms with Crippen molar-refractivity contribution in [3.63, 3.8) is 0 Å².